The van der Waals surface area contributed by atoms with E-state index in [-0.39, 0.29) is 5.91 Å². The van der Waals surface area contributed by atoms with E-state index >= 15 is 0 Å². The van der Waals surface area contributed by atoms with Gasteiger partial charge in [0.2, 0.25) is 5.91 Å². The SMILES string of the molecule is CC(=O)N1CC[NH+](Cc2nnc(-c3cc(C)oc3C)o2)CC1. The molecule has 0 atom stereocenters. The van der Waals surface area contributed by atoms with Gasteiger partial charge in [-0.25, -0.2) is 0 Å². The van der Waals surface area contributed by atoms with Crippen LogP contribution in [-0.4, -0.2) is 47.2 Å². The van der Waals surface area contributed by atoms with Gasteiger partial charge >= 0.3 is 0 Å². The second-order valence-corrected chi connectivity index (χ2v) is 5.76. The third-order valence-corrected chi connectivity index (χ3v) is 4.06. The second kappa shape index (κ2) is 5.92. The molecule has 0 aliphatic carbocycles. The number of hydrogen-bond donors (Lipinski definition) is 1. The first-order valence-electron chi connectivity index (χ1n) is 7.52. The van der Waals surface area contributed by atoms with Crippen LogP contribution in [0.3, 0.4) is 0 Å². The summed E-state index contributed by atoms with van der Waals surface area (Å²) in [5.74, 6) is 2.89. The van der Waals surface area contributed by atoms with Crippen LogP contribution < -0.4 is 4.90 Å². The van der Waals surface area contributed by atoms with Crippen molar-refractivity contribution in [3.05, 3.63) is 23.5 Å². The standard InChI is InChI=1S/C15H20N4O3/c1-10-8-13(11(2)21-10)15-17-16-14(22-15)9-18-4-6-19(7-5-18)12(3)20/h8H,4-7,9H2,1-3H3/p+1. The molecular formula is C15H21N4O3+. The predicted molar refractivity (Wildman–Crippen MR) is 78.1 cm³/mol. The zero-order valence-corrected chi connectivity index (χ0v) is 13.2. The van der Waals surface area contributed by atoms with Crippen LogP contribution in [0.25, 0.3) is 11.5 Å². The Morgan fingerprint density at radius 2 is 2.00 bits per heavy atom. The number of aryl methyl sites for hydroxylation is 2. The number of nitrogens with zero attached hydrogens (tertiary/aromatic N) is 3. The Bertz CT molecular complexity index is 668. The Kier molecular flexibility index (Phi) is 3.98. The summed E-state index contributed by atoms with van der Waals surface area (Å²) in [6, 6.07) is 1.91. The molecule has 0 radical (unpaired) electrons. The van der Waals surface area contributed by atoms with Crippen molar-refractivity contribution >= 4 is 5.91 Å². The molecule has 1 amide bonds. The predicted octanol–water partition coefficient (Wildman–Crippen LogP) is 0.193. The molecule has 7 nitrogen and oxygen atoms in total. The molecule has 2 aromatic heterocycles. The van der Waals surface area contributed by atoms with Gasteiger partial charge in [-0.1, -0.05) is 0 Å². The zero-order chi connectivity index (χ0) is 15.7. The summed E-state index contributed by atoms with van der Waals surface area (Å²) >= 11 is 0. The number of nitrogens with one attached hydrogen (secondary N) is 1. The molecular weight excluding hydrogens is 284 g/mol. The first-order valence-corrected chi connectivity index (χ1v) is 7.52. The summed E-state index contributed by atoms with van der Waals surface area (Å²) in [7, 11) is 0. The van der Waals surface area contributed by atoms with Crippen molar-refractivity contribution in [3.8, 4) is 11.5 Å². The van der Waals surface area contributed by atoms with Crippen molar-refractivity contribution in [1.82, 2.24) is 15.1 Å². The lowest BCUT2D eigenvalue weighted by Crippen LogP contribution is -3.13. The monoisotopic (exact) mass is 305 g/mol. The number of carbonyl (C=O) groups is 1. The third-order valence-electron chi connectivity index (χ3n) is 4.06. The number of piperazine rings is 1. The number of amides is 1. The van der Waals surface area contributed by atoms with Crippen molar-refractivity contribution in [3.63, 3.8) is 0 Å². The van der Waals surface area contributed by atoms with Gasteiger partial charge in [0, 0.05) is 6.92 Å². The largest absolute Gasteiger partial charge is 0.466 e. The van der Waals surface area contributed by atoms with Gasteiger partial charge in [-0.05, 0) is 19.9 Å². The first-order chi connectivity index (χ1) is 10.5. The molecule has 22 heavy (non-hydrogen) atoms. The molecule has 2 aromatic rings. The van der Waals surface area contributed by atoms with Crippen molar-refractivity contribution in [1.29, 1.82) is 0 Å². The quantitative estimate of drug-likeness (QED) is 0.876. The van der Waals surface area contributed by atoms with Gasteiger partial charge in [-0.2, -0.15) is 0 Å². The Hall–Kier alpha value is -2.15. The van der Waals surface area contributed by atoms with Gasteiger partial charge in [-0.15, -0.1) is 10.2 Å². The van der Waals surface area contributed by atoms with Crippen LogP contribution >= 0.6 is 0 Å². The van der Waals surface area contributed by atoms with Crippen LogP contribution in [0.1, 0.15) is 24.3 Å². The highest BCUT2D eigenvalue weighted by molar-refractivity contribution is 5.73. The molecule has 1 fully saturated rings. The fourth-order valence-electron chi connectivity index (χ4n) is 2.81. The normalized spacial score (nSPS) is 16.2. The van der Waals surface area contributed by atoms with Crippen molar-refractivity contribution in [2.24, 2.45) is 0 Å². The molecule has 118 valence electrons. The molecule has 1 aliphatic rings. The van der Waals surface area contributed by atoms with E-state index < -0.39 is 0 Å². The molecule has 1 aliphatic heterocycles. The fourth-order valence-corrected chi connectivity index (χ4v) is 2.81. The maximum absolute atomic E-state index is 11.3. The first kappa shape index (κ1) is 14.8. The van der Waals surface area contributed by atoms with E-state index in [0.29, 0.717) is 18.3 Å². The minimum Gasteiger partial charge on any atom is -0.466 e. The minimum atomic E-state index is 0.143. The van der Waals surface area contributed by atoms with Gasteiger partial charge in [-0.3, -0.25) is 4.79 Å². The number of furan rings is 1. The Morgan fingerprint density at radius 3 is 2.59 bits per heavy atom. The van der Waals surface area contributed by atoms with E-state index in [1.807, 2.05) is 24.8 Å². The summed E-state index contributed by atoms with van der Waals surface area (Å²) in [5.41, 5.74) is 0.854. The van der Waals surface area contributed by atoms with E-state index in [4.69, 9.17) is 8.83 Å². The Morgan fingerprint density at radius 1 is 1.27 bits per heavy atom. The molecule has 0 saturated carbocycles. The van der Waals surface area contributed by atoms with Gasteiger partial charge in [0.25, 0.3) is 11.8 Å². The van der Waals surface area contributed by atoms with Crippen molar-refractivity contribution in [2.45, 2.75) is 27.3 Å². The smallest absolute Gasteiger partial charge is 0.271 e. The lowest BCUT2D eigenvalue weighted by Gasteiger charge is -2.30. The molecule has 0 aromatic carbocycles. The van der Waals surface area contributed by atoms with Gasteiger partial charge in [0.15, 0.2) is 6.54 Å². The number of rotatable bonds is 3. The van der Waals surface area contributed by atoms with E-state index in [2.05, 4.69) is 10.2 Å². The number of hydrogen-bond acceptors (Lipinski definition) is 5. The maximum Gasteiger partial charge on any atom is 0.271 e. The lowest BCUT2D eigenvalue weighted by atomic mass is 10.2. The highest BCUT2D eigenvalue weighted by Crippen LogP contribution is 2.25. The van der Waals surface area contributed by atoms with E-state index in [1.54, 1.807) is 6.92 Å². The number of quaternary nitrogens is 1. The molecule has 1 N–H and O–H groups in total. The van der Waals surface area contributed by atoms with Crippen LogP contribution in [0, 0.1) is 13.8 Å². The maximum atomic E-state index is 11.3. The summed E-state index contributed by atoms with van der Waals surface area (Å²) in [4.78, 5) is 14.6. The summed E-state index contributed by atoms with van der Waals surface area (Å²) in [5, 5.41) is 8.25. The van der Waals surface area contributed by atoms with Crippen LogP contribution in [-0.2, 0) is 11.3 Å². The van der Waals surface area contributed by atoms with Crippen LogP contribution in [0.4, 0.5) is 0 Å². The highest BCUT2D eigenvalue weighted by Gasteiger charge is 2.24. The Balaban J connectivity index is 1.63. The molecule has 3 rings (SSSR count). The van der Waals surface area contributed by atoms with Crippen LogP contribution in [0.15, 0.2) is 14.9 Å². The molecule has 7 heteroatoms. The fraction of sp³-hybridized carbons (Fsp3) is 0.533. The molecule has 0 unspecified atom stereocenters. The lowest BCUT2D eigenvalue weighted by molar-refractivity contribution is -0.918. The Labute approximate surface area is 128 Å². The second-order valence-electron chi connectivity index (χ2n) is 5.76. The van der Waals surface area contributed by atoms with Gasteiger partial charge < -0.3 is 18.6 Å². The average molecular weight is 305 g/mol. The number of carbonyl (C=O) groups excluding carboxylic acids is 1. The molecule has 3 heterocycles. The van der Waals surface area contributed by atoms with E-state index in [9.17, 15) is 4.79 Å². The molecule has 1 saturated heterocycles. The third kappa shape index (κ3) is 3.04. The molecule has 0 bridgehead atoms. The zero-order valence-electron chi connectivity index (χ0n) is 13.2. The highest BCUT2D eigenvalue weighted by atomic mass is 16.4. The van der Waals surface area contributed by atoms with E-state index in [0.717, 1.165) is 43.3 Å². The minimum absolute atomic E-state index is 0.143. The molecule has 0 spiro atoms. The van der Waals surface area contributed by atoms with Crippen molar-refractivity contribution < 1.29 is 18.5 Å². The van der Waals surface area contributed by atoms with Crippen LogP contribution in [0.5, 0.6) is 0 Å². The summed E-state index contributed by atoms with van der Waals surface area (Å²) in [6.07, 6.45) is 0. The van der Waals surface area contributed by atoms with Crippen LogP contribution in [0.2, 0.25) is 0 Å². The summed E-state index contributed by atoms with van der Waals surface area (Å²) in [6.45, 7) is 9.46. The van der Waals surface area contributed by atoms with Gasteiger partial charge in [0.05, 0.1) is 31.7 Å². The summed E-state index contributed by atoms with van der Waals surface area (Å²) < 4.78 is 11.2. The topological polar surface area (TPSA) is 76.8 Å². The van der Waals surface area contributed by atoms with E-state index in [1.165, 1.54) is 4.90 Å². The van der Waals surface area contributed by atoms with Gasteiger partial charge in [0.1, 0.15) is 11.5 Å². The van der Waals surface area contributed by atoms with Crippen molar-refractivity contribution in [2.75, 3.05) is 26.2 Å². The number of aromatic nitrogens is 2. The average Bonchev–Trinajstić information content (AvgIpc) is 3.06.